The Morgan fingerprint density at radius 3 is 1.58 bits per heavy atom. The predicted octanol–water partition coefficient (Wildman–Crippen LogP) is 4.57. The molecule has 0 radical (unpaired) electrons. The number of hydrogen-bond donors (Lipinski definition) is 0. The van der Waals surface area contributed by atoms with Crippen molar-refractivity contribution in [3.8, 4) is 0 Å². The molecule has 2 aromatic carbocycles. The van der Waals surface area contributed by atoms with Crippen molar-refractivity contribution in [2.24, 2.45) is 0 Å². The van der Waals surface area contributed by atoms with E-state index in [9.17, 15) is 39.5 Å². The van der Waals surface area contributed by atoms with Gasteiger partial charge in [-0.2, -0.15) is 0 Å². The van der Waals surface area contributed by atoms with Gasteiger partial charge in [-0.25, -0.2) is 39.5 Å². The van der Waals surface area contributed by atoms with Gasteiger partial charge in [-0.3, -0.25) is 0 Å². The maximum absolute atomic E-state index is 13.9. The maximum Gasteiger partial charge on any atom is 0.225 e. The lowest BCUT2D eigenvalue weighted by molar-refractivity contribution is 0.287. The van der Waals surface area contributed by atoms with E-state index in [1.807, 2.05) is 0 Å². The van der Waals surface area contributed by atoms with Crippen molar-refractivity contribution in [3.63, 3.8) is 0 Å². The maximum atomic E-state index is 13.9. The highest BCUT2D eigenvalue weighted by atomic mass is 28.4. The van der Waals surface area contributed by atoms with Crippen LogP contribution in [-0.4, -0.2) is 8.32 Å². The second-order valence-corrected chi connectivity index (χ2v) is 9.51. The summed E-state index contributed by atoms with van der Waals surface area (Å²) in [5, 5.41) is -1.22. The van der Waals surface area contributed by atoms with Crippen molar-refractivity contribution in [3.05, 3.63) is 64.0 Å². The van der Waals surface area contributed by atoms with Crippen LogP contribution in [-0.2, 0) is 11.0 Å². The fourth-order valence-electron chi connectivity index (χ4n) is 2.19. The second kappa shape index (κ2) is 6.95. The van der Waals surface area contributed by atoms with Crippen LogP contribution < -0.4 is 5.19 Å². The molecule has 0 saturated heterocycles. The van der Waals surface area contributed by atoms with E-state index in [4.69, 9.17) is 4.43 Å². The van der Waals surface area contributed by atoms with Gasteiger partial charge in [0.05, 0.1) is 6.61 Å². The molecule has 0 aliphatic rings. The van der Waals surface area contributed by atoms with Gasteiger partial charge in [0.1, 0.15) is 0 Å². The molecule has 0 spiro atoms. The van der Waals surface area contributed by atoms with Gasteiger partial charge >= 0.3 is 0 Å². The Balaban J connectivity index is 2.43. The minimum absolute atomic E-state index is 0.261. The average Bonchev–Trinajstić information content (AvgIpc) is 2.58. The van der Waals surface area contributed by atoms with Crippen LogP contribution in [0.3, 0.4) is 0 Å². The summed E-state index contributed by atoms with van der Waals surface area (Å²) in [7, 11) is -3.91. The minimum atomic E-state index is -3.91. The monoisotopic (exact) mass is 404 g/mol. The molecule has 2 aromatic rings. The van der Waals surface area contributed by atoms with E-state index >= 15 is 0 Å². The van der Waals surface area contributed by atoms with Gasteiger partial charge in [0, 0.05) is 10.8 Å². The van der Waals surface area contributed by atoms with Gasteiger partial charge in [0.25, 0.3) is 0 Å². The number of rotatable bonds is 4. The minimum Gasteiger partial charge on any atom is -0.408 e. The molecule has 0 aromatic heterocycles. The summed E-state index contributed by atoms with van der Waals surface area (Å²) in [6, 6.07) is 0.261. The van der Waals surface area contributed by atoms with Crippen molar-refractivity contribution in [1.29, 1.82) is 0 Å². The summed E-state index contributed by atoms with van der Waals surface area (Å²) in [6.07, 6.45) is 0. The molecule has 2 rings (SSSR count). The van der Waals surface area contributed by atoms with Crippen LogP contribution in [0.2, 0.25) is 13.1 Å². The zero-order valence-electron chi connectivity index (χ0n) is 13.1. The van der Waals surface area contributed by atoms with Crippen LogP contribution in [0.1, 0.15) is 5.56 Å². The first-order valence-electron chi connectivity index (χ1n) is 6.87. The van der Waals surface area contributed by atoms with Crippen molar-refractivity contribution in [1.82, 2.24) is 0 Å². The summed E-state index contributed by atoms with van der Waals surface area (Å²) in [6.45, 7) is 1.07. The molecule has 142 valence electrons. The molecule has 0 N–H and O–H groups in total. The Labute approximate surface area is 142 Å². The highest BCUT2D eigenvalue weighted by molar-refractivity contribution is 6.84. The van der Waals surface area contributed by atoms with E-state index in [1.54, 1.807) is 0 Å². The fourth-order valence-corrected chi connectivity index (χ4v) is 4.13. The standard InChI is InChI=1S/C15H9F9OSi/c1-26(2,15-13(23)11(21)10(20)12(22)14(15)24)25-4-5-3-6(16)8(18)9(19)7(5)17/h3H,4H2,1-2H3. The van der Waals surface area contributed by atoms with Gasteiger partial charge < -0.3 is 4.43 Å². The number of halogens is 9. The summed E-state index contributed by atoms with van der Waals surface area (Å²) in [5.74, 6) is -18.7. The molecule has 0 atom stereocenters. The third-order valence-electron chi connectivity index (χ3n) is 3.58. The van der Waals surface area contributed by atoms with E-state index in [1.165, 1.54) is 0 Å². The Kier molecular flexibility index (Phi) is 5.43. The molecular weight excluding hydrogens is 395 g/mol. The number of hydrogen-bond acceptors (Lipinski definition) is 1. The molecular formula is C15H9F9OSi. The molecule has 0 fully saturated rings. The highest BCUT2D eigenvalue weighted by Crippen LogP contribution is 2.23. The SMILES string of the molecule is C[Si](C)(OCc1cc(F)c(F)c(F)c1F)c1c(F)c(F)c(F)c(F)c1F. The van der Waals surface area contributed by atoms with Crippen LogP contribution in [0, 0.1) is 52.4 Å². The van der Waals surface area contributed by atoms with Crippen LogP contribution in [0.25, 0.3) is 0 Å². The molecule has 26 heavy (non-hydrogen) atoms. The third kappa shape index (κ3) is 3.32. The van der Waals surface area contributed by atoms with Crippen molar-refractivity contribution in [2.45, 2.75) is 19.7 Å². The summed E-state index contributed by atoms with van der Waals surface area (Å²) in [5.41, 5.74) is -0.828. The van der Waals surface area contributed by atoms with Crippen LogP contribution in [0.4, 0.5) is 39.5 Å². The van der Waals surface area contributed by atoms with E-state index in [2.05, 4.69) is 0 Å². The van der Waals surface area contributed by atoms with Crippen LogP contribution >= 0.6 is 0 Å². The molecule has 0 bridgehead atoms. The second-order valence-electron chi connectivity index (χ2n) is 5.70. The van der Waals surface area contributed by atoms with E-state index in [-0.39, 0.29) is 6.07 Å². The Morgan fingerprint density at radius 2 is 1.08 bits per heavy atom. The summed E-state index contributed by atoms with van der Waals surface area (Å²) < 4.78 is 125. The van der Waals surface area contributed by atoms with Crippen LogP contribution in [0.5, 0.6) is 0 Å². The van der Waals surface area contributed by atoms with Crippen molar-refractivity contribution >= 4 is 13.5 Å². The smallest absolute Gasteiger partial charge is 0.225 e. The lowest BCUT2D eigenvalue weighted by atomic mass is 10.2. The molecule has 0 unspecified atom stereocenters. The number of benzene rings is 2. The first kappa shape index (κ1) is 20.3. The Morgan fingerprint density at radius 1 is 0.654 bits per heavy atom. The van der Waals surface area contributed by atoms with Crippen LogP contribution in [0.15, 0.2) is 6.07 Å². The van der Waals surface area contributed by atoms with Crippen molar-refractivity contribution < 1.29 is 43.9 Å². The van der Waals surface area contributed by atoms with E-state index in [0.717, 1.165) is 13.1 Å². The predicted molar refractivity (Wildman–Crippen MR) is 74.4 cm³/mol. The first-order valence-corrected chi connectivity index (χ1v) is 9.78. The highest BCUT2D eigenvalue weighted by Gasteiger charge is 2.38. The van der Waals surface area contributed by atoms with Gasteiger partial charge in [-0.05, 0) is 19.2 Å². The lowest BCUT2D eigenvalue weighted by Gasteiger charge is -2.25. The molecule has 0 heterocycles. The largest absolute Gasteiger partial charge is 0.408 e. The summed E-state index contributed by atoms with van der Waals surface area (Å²) in [4.78, 5) is 0. The molecule has 0 aliphatic heterocycles. The molecule has 0 amide bonds. The topological polar surface area (TPSA) is 9.23 Å². The Hall–Kier alpha value is -2.01. The summed E-state index contributed by atoms with van der Waals surface area (Å²) >= 11 is 0. The van der Waals surface area contributed by atoms with E-state index < -0.39 is 78.0 Å². The molecule has 0 saturated carbocycles. The quantitative estimate of drug-likeness (QED) is 0.314. The first-order chi connectivity index (χ1) is 11.9. The molecule has 1 nitrogen and oxygen atoms in total. The van der Waals surface area contributed by atoms with Gasteiger partial charge in [0.15, 0.2) is 46.5 Å². The zero-order valence-corrected chi connectivity index (χ0v) is 14.1. The zero-order chi connectivity index (χ0) is 20.0. The van der Waals surface area contributed by atoms with Gasteiger partial charge in [-0.15, -0.1) is 0 Å². The normalized spacial score (nSPS) is 12.0. The molecule has 0 aliphatic carbocycles. The van der Waals surface area contributed by atoms with Gasteiger partial charge in [-0.1, -0.05) is 0 Å². The van der Waals surface area contributed by atoms with Gasteiger partial charge in [0.2, 0.25) is 14.1 Å². The fraction of sp³-hybridized carbons (Fsp3) is 0.200. The Bertz CT molecular complexity index is 853. The molecule has 11 heteroatoms. The average molecular weight is 404 g/mol. The van der Waals surface area contributed by atoms with E-state index in [0.29, 0.717) is 0 Å². The lowest BCUT2D eigenvalue weighted by Crippen LogP contribution is -2.49. The van der Waals surface area contributed by atoms with Crippen molar-refractivity contribution in [2.75, 3.05) is 0 Å². The third-order valence-corrected chi connectivity index (χ3v) is 6.09.